The van der Waals surface area contributed by atoms with Gasteiger partial charge in [-0.1, -0.05) is 12.1 Å². The van der Waals surface area contributed by atoms with Crippen molar-refractivity contribution in [3.05, 3.63) is 53.6 Å². The van der Waals surface area contributed by atoms with Gasteiger partial charge in [-0.25, -0.2) is 0 Å². The summed E-state index contributed by atoms with van der Waals surface area (Å²) in [6.07, 6.45) is 1.12. The lowest BCUT2D eigenvalue weighted by molar-refractivity contribution is -0.121. The Morgan fingerprint density at radius 2 is 1.70 bits per heavy atom. The highest BCUT2D eigenvalue weighted by atomic mass is 16.5. The van der Waals surface area contributed by atoms with Crippen molar-refractivity contribution < 1.29 is 14.3 Å². The Bertz CT molecular complexity index is 810. The van der Waals surface area contributed by atoms with E-state index in [4.69, 9.17) is 9.47 Å². The quantitative estimate of drug-likeness (QED) is 0.688. The van der Waals surface area contributed by atoms with Crippen LogP contribution in [-0.2, 0) is 11.2 Å². The molecule has 6 nitrogen and oxygen atoms in total. The van der Waals surface area contributed by atoms with Crippen LogP contribution in [0.2, 0.25) is 0 Å². The summed E-state index contributed by atoms with van der Waals surface area (Å²) in [5, 5.41) is 3.05. The molecule has 1 aliphatic rings. The van der Waals surface area contributed by atoms with Crippen molar-refractivity contribution in [2.24, 2.45) is 0 Å². The summed E-state index contributed by atoms with van der Waals surface area (Å²) in [5.74, 6) is 1.57. The second-order valence-corrected chi connectivity index (χ2v) is 7.74. The van der Waals surface area contributed by atoms with E-state index >= 15 is 0 Å². The molecule has 0 aromatic heterocycles. The van der Waals surface area contributed by atoms with Crippen LogP contribution in [0.25, 0.3) is 0 Å². The Morgan fingerprint density at radius 1 is 1.00 bits per heavy atom. The van der Waals surface area contributed by atoms with Crippen LogP contribution in [0.15, 0.2) is 42.5 Å². The van der Waals surface area contributed by atoms with E-state index in [-0.39, 0.29) is 5.91 Å². The average molecular weight is 412 g/mol. The normalized spacial score (nSPS) is 14.4. The van der Waals surface area contributed by atoms with Gasteiger partial charge in [-0.3, -0.25) is 9.69 Å². The minimum atomic E-state index is 0.0789. The third-order valence-corrected chi connectivity index (χ3v) is 5.54. The van der Waals surface area contributed by atoms with Crippen LogP contribution in [0.1, 0.15) is 17.5 Å². The van der Waals surface area contributed by atoms with Crippen molar-refractivity contribution in [1.82, 2.24) is 10.2 Å². The molecule has 0 radical (unpaired) electrons. The number of anilines is 1. The van der Waals surface area contributed by atoms with E-state index in [0.717, 1.165) is 49.8 Å². The molecule has 30 heavy (non-hydrogen) atoms. The molecule has 2 aromatic carbocycles. The number of carbonyl (C=O) groups is 1. The van der Waals surface area contributed by atoms with E-state index in [1.54, 1.807) is 14.2 Å². The number of carbonyl (C=O) groups excluding carboxylic acids is 1. The molecule has 2 aromatic rings. The fourth-order valence-electron chi connectivity index (χ4n) is 3.76. The molecule has 0 unspecified atom stereocenters. The van der Waals surface area contributed by atoms with E-state index in [9.17, 15) is 4.79 Å². The number of piperazine rings is 1. The number of aryl methyl sites for hydroxylation is 2. The number of nitrogens with zero attached hydrogens (tertiary/aromatic N) is 2. The van der Waals surface area contributed by atoms with Gasteiger partial charge in [0.1, 0.15) is 11.5 Å². The first kappa shape index (κ1) is 22.0. The second-order valence-electron chi connectivity index (χ2n) is 7.74. The first-order valence-electron chi connectivity index (χ1n) is 10.6. The van der Waals surface area contributed by atoms with Crippen molar-refractivity contribution in [3.8, 4) is 11.5 Å². The minimum Gasteiger partial charge on any atom is -0.497 e. The number of rotatable bonds is 9. The topological polar surface area (TPSA) is 54.0 Å². The molecule has 1 fully saturated rings. The second kappa shape index (κ2) is 10.9. The van der Waals surface area contributed by atoms with Gasteiger partial charge in [-0.05, 0) is 48.7 Å². The molecule has 162 valence electrons. The first-order valence-corrected chi connectivity index (χ1v) is 10.6. The number of hydrogen-bond donors (Lipinski definition) is 1. The summed E-state index contributed by atoms with van der Waals surface area (Å²) < 4.78 is 10.6. The molecule has 6 heteroatoms. The third-order valence-electron chi connectivity index (χ3n) is 5.54. The molecule has 3 rings (SSSR count). The lowest BCUT2D eigenvalue weighted by atomic mass is 10.1. The Hall–Kier alpha value is -2.73. The number of nitrogens with one attached hydrogen (secondary N) is 1. The Kier molecular flexibility index (Phi) is 7.97. The lowest BCUT2D eigenvalue weighted by Gasteiger charge is -2.36. The molecule has 0 aliphatic carbocycles. The van der Waals surface area contributed by atoms with Gasteiger partial charge >= 0.3 is 0 Å². The predicted octanol–water partition coefficient (Wildman–Crippen LogP) is 2.88. The van der Waals surface area contributed by atoms with Crippen LogP contribution in [0, 0.1) is 6.92 Å². The van der Waals surface area contributed by atoms with Crippen LogP contribution in [0.4, 0.5) is 5.69 Å². The van der Waals surface area contributed by atoms with Gasteiger partial charge in [-0.2, -0.15) is 0 Å². The highest BCUT2D eigenvalue weighted by Crippen LogP contribution is 2.23. The van der Waals surface area contributed by atoms with Gasteiger partial charge in [0.15, 0.2) is 0 Å². The van der Waals surface area contributed by atoms with E-state index in [0.29, 0.717) is 19.4 Å². The molecular weight excluding hydrogens is 378 g/mol. The maximum absolute atomic E-state index is 12.2. The molecule has 1 saturated heterocycles. The van der Waals surface area contributed by atoms with Gasteiger partial charge in [0.25, 0.3) is 0 Å². The van der Waals surface area contributed by atoms with E-state index in [1.807, 2.05) is 18.2 Å². The highest BCUT2D eigenvalue weighted by Gasteiger charge is 2.17. The largest absolute Gasteiger partial charge is 0.497 e. The molecule has 0 bridgehead atoms. The number of hydrogen-bond acceptors (Lipinski definition) is 5. The fourth-order valence-corrected chi connectivity index (χ4v) is 3.76. The standard InChI is InChI=1S/C24H33N3O3/c1-19-5-4-6-21(15-19)27-13-11-26(12-14-27)10-9-25-24(28)8-7-20-16-22(29-2)18-23(17-20)30-3/h4-6,15-18H,7-14H2,1-3H3,(H,25,28). The summed E-state index contributed by atoms with van der Waals surface area (Å²) in [7, 11) is 3.26. The zero-order chi connectivity index (χ0) is 21.3. The van der Waals surface area contributed by atoms with Gasteiger partial charge in [0.2, 0.25) is 5.91 Å². The van der Waals surface area contributed by atoms with E-state index in [1.165, 1.54) is 11.3 Å². The van der Waals surface area contributed by atoms with Crippen molar-refractivity contribution >= 4 is 11.6 Å². The van der Waals surface area contributed by atoms with Gasteiger partial charge in [0, 0.05) is 57.4 Å². The Balaban J connectivity index is 1.35. The van der Waals surface area contributed by atoms with E-state index < -0.39 is 0 Å². The summed E-state index contributed by atoms with van der Waals surface area (Å²) >= 11 is 0. The number of benzene rings is 2. The Labute approximate surface area is 179 Å². The minimum absolute atomic E-state index is 0.0789. The number of amides is 1. The molecule has 1 heterocycles. The predicted molar refractivity (Wildman–Crippen MR) is 121 cm³/mol. The maximum atomic E-state index is 12.2. The van der Waals surface area contributed by atoms with E-state index in [2.05, 4.69) is 46.3 Å². The smallest absolute Gasteiger partial charge is 0.220 e. The summed E-state index contributed by atoms with van der Waals surface area (Å²) in [4.78, 5) is 17.1. The summed E-state index contributed by atoms with van der Waals surface area (Å²) in [5.41, 5.74) is 3.63. The monoisotopic (exact) mass is 411 g/mol. The average Bonchev–Trinajstić information content (AvgIpc) is 2.78. The molecule has 1 N–H and O–H groups in total. The molecule has 0 atom stereocenters. The van der Waals surface area contributed by atoms with Crippen LogP contribution in [0.5, 0.6) is 11.5 Å². The molecule has 0 spiro atoms. The molecule has 1 amide bonds. The van der Waals surface area contributed by atoms with Gasteiger partial charge in [0.05, 0.1) is 14.2 Å². The van der Waals surface area contributed by atoms with Crippen molar-refractivity contribution in [3.63, 3.8) is 0 Å². The summed E-state index contributed by atoms with van der Waals surface area (Å²) in [6.45, 7) is 7.79. The van der Waals surface area contributed by atoms with Gasteiger partial charge in [-0.15, -0.1) is 0 Å². The van der Waals surface area contributed by atoms with Crippen LogP contribution in [0.3, 0.4) is 0 Å². The maximum Gasteiger partial charge on any atom is 0.220 e. The molecular formula is C24H33N3O3. The van der Waals surface area contributed by atoms with Crippen LogP contribution < -0.4 is 19.7 Å². The Morgan fingerprint density at radius 3 is 2.33 bits per heavy atom. The molecule has 0 saturated carbocycles. The van der Waals surface area contributed by atoms with Gasteiger partial charge < -0.3 is 19.7 Å². The zero-order valence-corrected chi connectivity index (χ0v) is 18.3. The third kappa shape index (κ3) is 6.39. The van der Waals surface area contributed by atoms with Crippen LogP contribution in [-0.4, -0.2) is 64.3 Å². The SMILES string of the molecule is COc1cc(CCC(=O)NCCN2CCN(c3cccc(C)c3)CC2)cc(OC)c1. The van der Waals surface area contributed by atoms with Crippen molar-refractivity contribution in [2.75, 3.05) is 58.4 Å². The zero-order valence-electron chi connectivity index (χ0n) is 18.3. The van der Waals surface area contributed by atoms with Crippen LogP contribution >= 0.6 is 0 Å². The number of ether oxygens (including phenoxy) is 2. The summed E-state index contributed by atoms with van der Waals surface area (Å²) in [6, 6.07) is 14.4. The van der Waals surface area contributed by atoms with Crippen molar-refractivity contribution in [2.45, 2.75) is 19.8 Å². The first-order chi connectivity index (χ1) is 14.6. The van der Waals surface area contributed by atoms with Crippen molar-refractivity contribution in [1.29, 1.82) is 0 Å². The number of methoxy groups -OCH3 is 2. The lowest BCUT2D eigenvalue weighted by Crippen LogP contribution is -2.48. The molecule has 1 aliphatic heterocycles. The highest BCUT2D eigenvalue weighted by molar-refractivity contribution is 5.76. The fraction of sp³-hybridized carbons (Fsp3) is 0.458.